The van der Waals surface area contributed by atoms with E-state index in [1.165, 1.54) is 6.21 Å². The molecule has 0 aliphatic heterocycles. The van der Waals surface area contributed by atoms with Crippen molar-refractivity contribution in [2.45, 2.75) is 19.6 Å². The van der Waals surface area contributed by atoms with Crippen LogP contribution >= 0.6 is 0 Å². The number of rotatable bonds is 8. The Morgan fingerprint density at radius 1 is 1.07 bits per heavy atom. The van der Waals surface area contributed by atoms with E-state index in [0.29, 0.717) is 12.4 Å². The van der Waals surface area contributed by atoms with Gasteiger partial charge in [0.25, 0.3) is 5.91 Å². The zero-order valence-corrected chi connectivity index (χ0v) is 15.5. The largest absolute Gasteiger partial charge is 0.489 e. The molecule has 0 spiro atoms. The highest BCUT2D eigenvalue weighted by molar-refractivity contribution is 5.84. The van der Waals surface area contributed by atoms with Crippen LogP contribution in [0.15, 0.2) is 84.2 Å². The van der Waals surface area contributed by atoms with E-state index in [1.807, 2.05) is 48.5 Å². The van der Waals surface area contributed by atoms with Crippen LogP contribution in [0.2, 0.25) is 0 Å². The normalized spacial score (nSPS) is 11.8. The Kier molecular flexibility index (Phi) is 6.73. The number of carbonyl (C=O) groups excluding carboxylic acids is 1. The van der Waals surface area contributed by atoms with Gasteiger partial charge in [-0.2, -0.15) is 5.10 Å². The molecular weight excluding hydrogens is 354 g/mol. The zero-order chi connectivity index (χ0) is 19.6. The van der Waals surface area contributed by atoms with Gasteiger partial charge in [0.2, 0.25) is 0 Å². The van der Waals surface area contributed by atoms with Crippen molar-refractivity contribution in [1.29, 1.82) is 0 Å². The molecule has 1 N–H and O–H groups in total. The topological polar surface area (TPSA) is 72.8 Å². The van der Waals surface area contributed by atoms with Crippen molar-refractivity contribution in [2.75, 3.05) is 0 Å². The minimum atomic E-state index is -0.692. The number of aromatic nitrogens is 1. The van der Waals surface area contributed by atoms with Gasteiger partial charge in [0, 0.05) is 18.0 Å². The lowest BCUT2D eigenvalue weighted by atomic mass is 10.2. The van der Waals surface area contributed by atoms with Gasteiger partial charge in [0.1, 0.15) is 18.1 Å². The molecule has 0 saturated heterocycles. The Bertz CT molecular complexity index is 897. The maximum absolute atomic E-state index is 12.1. The summed E-state index contributed by atoms with van der Waals surface area (Å²) in [6, 6.07) is 20.7. The van der Waals surface area contributed by atoms with Gasteiger partial charge >= 0.3 is 0 Å². The molecule has 142 valence electrons. The molecule has 1 atom stereocenters. The van der Waals surface area contributed by atoms with Gasteiger partial charge in [-0.15, -0.1) is 0 Å². The highest BCUT2D eigenvalue weighted by Gasteiger charge is 2.13. The van der Waals surface area contributed by atoms with Gasteiger partial charge in [-0.25, -0.2) is 5.43 Å². The van der Waals surface area contributed by atoms with Crippen LogP contribution < -0.4 is 14.9 Å². The second-order valence-corrected chi connectivity index (χ2v) is 6.03. The SMILES string of the molecule is C[C@@H](Oc1ccc(OCc2ccccc2)cc1)C(=O)N/N=C\c1cccnc1. The lowest BCUT2D eigenvalue weighted by Crippen LogP contribution is -2.33. The highest BCUT2D eigenvalue weighted by atomic mass is 16.5. The standard InChI is InChI=1S/C22H21N3O3/c1-17(22(26)25-24-15-19-8-5-13-23-14-19)28-21-11-9-20(10-12-21)27-16-18-6-3-2-4-7-18/h2-15,17H,16H2,1H3,(H,25,26)/b24-15-/t17-/m1/s1. The molecule has 1 amide bonds. The van der Waals surface area contributed by atoms with Gasteiger partial charge < -0.3 is 9.47 Å². The van der Waals surface area contributed by atoms with Crippen LogP contribution in [-0.2, 0) is 11.4 Å². The quantitative estimate of drug-likeness (QED) is 0.482. The van der Waals surface area contributed by atoms with Crippen molar-refractivity contribution < 1.29 is 14.3 Å². The molecule has 3 rings (SSSR count). The van der Waals surface area contributed by atoms with Crippen molar-refractivity contribution in [2.24, 2.45) is 5.10 Å². The van der Waals surface area contributed by atoms with Crippen LogP contribution in [0.1, 0.15) is 18.1 Å². The third kappa shape index (κ3) is 5.95. The number of amides is 1. The fourth-order valence-electron chi connectivity index (χ4n) is 2.33. The smallest absolute Gasteiger partial charge is 0.280 e. The number of benzene rings is 2. The van der Waals surface area contributed by atoms with Crippen LogP contribution in [-0.4, -0.2) is 23.2 Å². The molecule has 1 heterocycles. The molecular formula is C22H21N3O3. The van der Waals surface area contributed by atoms with Crippen molar-refractivity contribution in [3.63, 3.8) is 0 Å². The molecule has 0 fully saturated rings. The first-order valence-electron chi connectivity index (χ1n) is 8.87. The van der Waals surface area contributed by atoms with Crippen molar-refractivity contribution in [3.05, 3.63) is 90.3 Å². The van der Waals surface area contributed by atoms with Crippen LogP contribution in [0.5, 0.6) is 11.5 Å². The van der Waals surface area contributed by atoms with Gasteiger partial charge in [0.05, 0.1) is 6.21 Å². The number of pyridine rings is 1. The number of hydrogen-bond donors (Lipinski definition) is 1. The second-order valence-electron chi connectivity index (χ2n) is 6.03. The molecule has 6 nitrogen and oxygen atoms in total. The summed E-state index contributed by atoms with van der Waals surface area (Å²) in [6.07, 6.45) is 4.15. The fourth-order valence-corrected chi connectivity index (χ4v) is 2.33. The number of ether oxygens (including phenoxy) is 2. The van der Waals surface area contributed by atoms with E-state index in [9.17, 15) is 4.79 Å². The zero-order valence-electron chi connectivity index (χ0n) is 15.5. The molecule has 0 bridgehead atoms. The third-order valence-corrected chi connectivity index (χ3v) is 3.83. The van der Waals surface area contributed by atoms with Gasteiger partial charge in [-0.3, -0.25) is 9.78 Å². The summed E-state index contributed by atoms with van der Waals surface area (Å²) in [6.45, 7) is 2.16. The first-order valence-corrected chi connectivity index (χ1v) is 8.87. The summed E-state index contributed by atoms with van der Waals surface area (Å²) in [5.41, 5.74) is 4.35. The van der Waals surface area contributed by atoms with Gasteiger partial charge in [-0.1, -0.05) is 36.4 Å². The summed E-state index contributed by atoms with van der Waals surface area (Å²) >= 11 is 0. The van der Waals surface area contributed by atoms with Gasteiger partial charge in [-0.05, 0) is 42.8 Å². The van der Waals surface area contributed by atoms with E-state index in [0.717, 1.165) is 16.9 Å². The van der Waals surface area contributed by atoms with E-state index < -0.39 is 6.10 Å². The first kappa shape index (κ1) is 19.1. The Morgan fingerprint density at radius 3 is 2.54 bits per heavy atom. The van der Waals surface area contributed by atoms with E-state index in [-0.39, 0.29) is 5.91 Å². The van der Waals surface area contributed by atoms with E-state index in [1.54, 1.807) is 37.5 Å². The van der Waals surface area contributed by atoms with E-state index in [4.69, 9.17) is 9.47 Å². The molecule has 0 radical (unpaired) electrons. The number of nitrogens with zero attached hydrogens (tertiary/aromatic N) is 2. The van der Waals surface area contributed by atoms with E-state index >= 15 is 0 Å². The Balaban J connectivity index is 1.46. The summed E-state index contributed by atoms with van der Waals surface area (Å²) in [5.74, 6) is 0.963. The number of hydrogen-bond acceptors (Lipinski definition) is 5. The molecule has 3 aromatic rings. The van der Waals surface area contributed by atoms with Crippen molar-refractivity contribution in [1.82, 2.24) is 10.4 Å². The maximum atomic E-state index is 12.1. The first-order chi connectivity index (χ1) is 13.7. The third-order valence-electron chi connectivity index (χ3n) is 3.83. The van der Waals surface area contributed by atoms with Crippen LogP contribution in [0.3, 0.4) is 0 Å². The summed E-state index contributed by atoms with van der Waals surface area (Å²) in [4.78, 5) is 16.0. The average Bonchev–Trinajstić information content (AvgIpc) is 2.74. The lowest BCUT2D eigenvalue weighted by molar-refractivity contribution is -0.127. The minimum Gasteiger partial charge on any atom is -0.489 e. The average molecular weight is 375 g/mol. The summed E-state index contributed by atoms with van der Waals surface area (Å²) in [7, 11) is 0. The molecule has 0 aliphatic carbocycles. The Morgan fingerprint density at radius 2 is 1.82 bits per heavy atom. The molecule has 0 saturated carbocycles. The fraction of sp³-hybridized carbons (Fsp3) is 0.136. The van der Waals surface area contributed by atoms with Crippen LogP contribution in [0.25, 0.3) is 0 Å². The molecule has 2 aromatic carbocycles. The predicted octanol–water partition coefficient (Wildman–Crippen LogP) is 3.58. The van der Waals surface area contributed by atoms with Crippen molar-refractivity contribution in [3.8, 4) is 11.5 Å². The lowest BCUT2D eigenvalue weighted by Gasteiger charge is -2.13. The number of nitrogens with one attached hydrogen (secondary N) is 1. The van der Waals surface area contributed by atoms with Crippen molar-refractivity contribution >= 4 is 12.1 Å². The molecule has 0 unspecified atom stereocenters. The number of hydrazone groups is 1. The predicted molar refractivity (Wildman–Crippen MR) is 107 cm³/mol. The Hall–Kier alpha value is -3.67. The van der Waals surface area contributed by atoms with Crippen LogP contribution in [0, 0.1) is 0 Å². The molecule has 6 heteroatoms. The monoisotopic (exact) mass is 375 g/mol. The molecule has 1 aromatic heterocycles. The molecule has 28 heavy (non-hydrogen) atoms. The number of carbonyl (C=O) groups is 1. The minimum absolute atomic E-state index is 0.343. The summed E-state index contributed by atoms with van der Waals surface area (Å²) < 4.78 is 11.4. The molecule has 0 aliphatic rings. The maximum Gasteiger partial charge on any atom is 0.280 e. The Labute approximate surface area is 163 Å². The van der Waals surface area contributed by atoms with Gasteiger partial charge in [0.15, 0.2) is 6.10 Å². The second kappa shape index (κ2) is 9.87. The highest BCUT2D eigenvalue weighted by Crippen LogP contribution is 2.19. The summed E-state index contributed by atoms with van der Waals surface area (Å²) in [5, 5.41) is 3.91. The van der Waals surface area contributed by atoms with E-state index in [2.05, 4.69) is 15.5 Å². The van der Waals surface area contributed by atoms with Crippen LogP contribution in [0.4, 0.5) is 0 Å².